The summed E-state index contributed by atoms with van der Waals surface area (Å²) in [6.45, 7) is 2.34. The lowest BCUT2D eigenvalue weighted by molar-refractivity contribution is -0.150. The lowest BCUT2D eigenvalue weighted by Crippen LogP contribution is -2.43. The summed E-state index contributed by atoms with van der Waals surface area (Å²) in [5.41, 5.74) is -0.316. The molecule has 2 saturated heterocycles. The fourth-order valence-corrected chi connectivity index (χ4v) is 3.47. The maximum atomic E-state index is 12.4. The third-order valence-electron chi connectivity index (χ3n) is 4.75. The van der Waals surface area contributed by atoms with Gasteiger partial charge in [-0.1, -0.05) is 0 Å². The first kappa shape index (κ1) is 16.0. The maximum Gasteiger partial charge on any atom is 0.312 e. The van der Waals surface area contributed by atoms with Crippen LogP contribution in [0.25, 0.3) is 0 Å². The molecule has 23 heavy (non-hydrogen) atoms. The lowest BCUT2D eigenvalue weighted by atomic mass is 9.76. The molecule has 1 atom stereocenters. The number of hydrogen-bond donors (Lipinski definition) is 0. The van der Waals surface area contributed by atoms with Crippen molar-refractivity contribution in [2.45, 2.75) is 25.4 Å². The van der Waals surface area contributed by atoms with Gasteiger partial charge < -0.3 is 19.3 Å². The van der Waals surface area contributed by atoms with Gasteiger partial charge in [0.15, 0.2) is 5.75 Å². The number of piperidine rings is 1. The van der Waals surface area contributed by atoms with Crippen LogP contribution in [0.3, 0.4) is 0 Å². The first-order valence-corrected chi connectivity index (χ1v) is 7.99. The minimum Gasteiger partial charge on any atom is -0.494 e. The first-order valence-electron chi connectivity index (χ1n) is 7.99. The zero-order valence-corrected chi connectivity index (χ0v) is 14.0. The van der Waals surface area contributed by atoms with E-state index in [1.807, 2.05) is 14.1 Å². The summed E-state index contributed by atoms with van der Waals surface area (Å²) >= 11 is 0. The first-order chi connectivity index (χ1) is 11.0. The molecule has 0 radical (unpaired) electrons. The molecular formula is C16H24N4O3. The van der Waals surface area contributed by atoms with Crippen molar-refractivity contribution in [3.8, 4) is 5.75 Å². The van der Waals surface area contributed by atoms with Crippen LogP contribution in [0.2, 0.25) is 0 Å². The number of cyclic esters (lactones) is 1. The molecule has 3 rings (SSSR count). The number of rotatable bonds is 4. The molecule has 0 aliphatic carbocycles. The van der Waals surface area contributed by atoms with Gasteiger partial charge in [-0.25, -0.2) is 9.97 Å². The minimum absolute atomic E-state index is 0.0151. The molecule has 2 aliphatic rings. The highest BCUT2D eigenvalue weighted by atomic mass is 16.6. The molecule has 7 nitrogen and oxygen atoms in total. The third kappa shape index (κ3) is 3.24. The predicted octanol–water partition coefficient (Wildman–Crippen LogP) is 0.949. The van der Waals surface area contributed by atoms with Crippen LogP contribution in [0, 0.1) is 5.41 Å². The number of carbonyl (C=O) groups excluding carboxylic acids is 1. The number of carbonyl (C=O) groups is 1. The van der Waals surface area contributed by atoms with Crippen LogP contribution in [0.1, 0.15) is 19.3 Å². The lowest BCUT2D eigenvalue weighted by Gasteiger charge is -2.36. The second-order valence-corrected chi connectivity index (χ2v) is 6.68. The Bertz CT molecular complexity index is 553. The smallest absolute Gasteiger partial charge is 0.312 e. The highest BCUT2D eigenvalue weighted by Gasteiger charge is 2.50. The van der Waals surface area contributed by atoms with E-state index in [-0.39, 0.29) is 17.5 Å². The molecule has 126 valence electrons. The van der Waals surface area contributed by atoms with Gasteiger partial charge in [0.1, 0.15) is 6.10 Å². The Morgan fingerprint density at radius 2 is 2.00 bits per heavy atom. The minimum atomic E-state index is -0.316. The Morgan fingerprint density at radius 3 is 2.57 bits per heavy atom. The zero-order valence-electron chi connectivity index (χ0n) is 14.0. The van der Waals surface area contributed by atoms with E-state index in [0.717, 1.165) is 38.9 Å². The van der Waals surface area contributed by atoms with Gasteiger partial charge in [-0.05, 0) is 26.9 Å². The largest absolute Gasteiger partial charge is 0.494 e. The van der Waals surface area contributed by atoms with Gasteiger partial charge in [0.05, 0.1) is 24.9 Å². The molecule has 1 spiro atoms. The second-order valence-electron chi connectivity index (χ2n) is 6.68. The summed E-state index contributed by atoms with van der Waals surface area (Å²) in [5.74, 6) is 1.31. The normalized spacial score (nSPS) is 23.4. The number of nitrogens with zero attached hydrogens (tertiary/aromatic N) is 4. The Kier molecular flexibility index (Phi) is 4.39. The van der Waals surface area contributed by atoms with E-state index in [4.69, 9.17) is 9.47 Å². The van der Waals surface area contributed by atoms with Crippen LogP contribution in [0.4, 0.5) is 5.95 Å². The van der Waals surface area contributed by atoms with Crippen molar-refractivity contribution in [2.75, 3.05) is 45.7 Å². The molecule has 0 N–H and O–H groups in total. The van der Waals surface area contributed by atoms with Gasteiger partial charge in [-0.15, -0.1) is 0 Å². The topological polar surface area (TPSA) is 67.8 Å². The van der Waals surface area contributed by atoms with Crippen molar-refractivity contribution in [2.24, 2.45) is 5.41 Å². The van der Waals surface area contributed by atoms with Gasteiger partial charge in [-0.3, -0.25) is 4.79 Å². The average Bonchev–Trinajstić information content (AvgIpc) is 2.83. The van der Waals surface area contributed by atoms with Gasteiger partial charge in [0, 0.05) is 26.1 Å². The van der Waals surface area contributed by atoms with Gasteiger partial charge in [0.25, 0.3) is 0 Å². The standard InChI is InChI=1S/C16H24N4O3/c1-19(2)11-12-8-16(14(21)23-12)4-6-20(7-5-16)15-17-9-13(22-3)10-18-15/h9-10,12H,4-8,11H2,1-3H3. The second kappa shape index (κ2) is 6.31. The Balaban J connectivity index is 1.62. The zero-order chi connectivity index (χ0) is 16.4. The molecule has 3 heterocycles. The van der Waals surface area contributed by atoms with E-state index in [2.05, 4.69) is 19.8 Å². The molecule has 2 fully saturated rings. The SMILES string of the molecule is COc1cnc(N2CCC3(CC2)CC(CN(C)C)OC3=O)nc1. The number of aromatic nitrogens is 2. The van der Waals surface area contributed by atoms with Gasteiger partial charge >= 0.3 is 5.97 Å². The van der Waals surface area contributed by atoms with E-state index >= 15 is 0 Å². The number of methoxy groups -OCH3 is 1. The molecule has 0 aromatic carbocycles. The summed E-state index contributed by atoms with van der Waals surface area (Å²) in [6, 6.07) is 0. The molecule has 0 saturated carbocycles. The van der Waals surface area contributed by atoms with Crippen molar-refractivity contribution in [1.29, 1.82) is 0 Å². The molecule has 1 aromatic heterocycles. The summed E-state index contributed by atoms with van der Waals surface area (Å²) in [7, 11) is 5.60. The van der Waals surface area contributed by atoms with Crippen molar-refractivity contribution in [3.05, 3.63) is 12.4 Å². The molecule has 7 heteroatoms. The number of hydrogen-bond acceptors (Lipinski definition) is 7. The molecular weight excluding hydrogens is 296 g/mol. The highest BCUT2D eigenvalue weighted by Crippen LogP contribution is 2.43. The van der Waals surface area contributed by atoms with Crippen LogP contribution < -0.4 is 9.64 Å². The summed E-state index contributed by atoms with van der Waals surface area (Å²) in [5, 5.41) is 0. The quantitative estimate of drug-likeness (QED) is 0.765. The Hall–Kier alpha value is -1.89. The van der Waals surface area contributed by atoms with Crippen molar-refractivity contribution < 1.29 is 14.3 Å². The Morgan fingerprint density at radius 1 is 1.35 bits per heavy atom. The van der Waals surface area contributed by atoms with Crippen LogP contribution in [0.5, 0.6) is 5.75 Å². The molecule has 2 aliphatic heterocycles. The summed E-state index contributed by atoms with van der Waals surface area (Å²) in [4.78, 5) is 25.2. The van der Waals surface area contributed by atoms with E-state index in [9.17, 15) is 4.79 Å². The van der Waals surface area contributed by atoms with Crippen LogP contribution in [-0.2, 0) is 9.53 Å². The van der Waals surface area contributed by atoms with Crippen molar-refractivity contribution >= 4 is 11.9 Å². The van der Waals surface area contributed by atoms with Crippen LogP contribution in [0.15, 0.2) is 12.4 Å². The molecule has 1 unspecified atom stereocenters. The number of likely N-dealkylation sites (N-methyl/N-ethyl adjacent to an activating group) is 1. The molecule has 1 aromatic rings. The fraction of sp³-hybridized carbons (Fsp3) is 0.688. The number of ether oxygens (including phenoxy) is 2. The van der Waals surface area contributed by atoms with Crippen molar-refractivity contribution in [1.82, 2.24) is 14.9 Å². The summed E-state index contributed by atoms with van der Waals surface area (Å²) in [6.07, 6.45) is 5.77. The van der Waals surface area contributed by atoms with E-state index < -0.39 is 0 Å². The molecule has 0 amide bonds. The third-order valence-corrected chi connectivity index (χ3v) is 4.75. The predicted molar refractivity (Wildman–Crippen MR) is 85.5 cm³/mol. The van der Waals surface area contributed by atoms with Gasteiger partial charge in [-0.2, -0.15) is 0 Å². The highest BCUT2D eigenvalue weighted by molar-refractivity contribution is 5.79. The fourth-order valence-electron chi connectivity index (χ4n) is 3.47. The number of esters is 1. The average molecular weight is 320 g/mol. The monoisotopic (exact) mass is 320 g/mol. The van der Waals surface area contributed by atoms with Gasteiger partial charge in [0.2, 0.25) is 5.95 Å². The van der Waals surface area contributed by atoms with Crippen molar-refractivity contribution in [3.63, 3.8) is 0 Å². The van der Waals surface area contributed by atoms with Crippen LogP contribution in [-0.4, -0.2) is 67.8 Å². The molecule has 0 bridgehead atoms. The van der Waals surface area contributed by atoms with Crippen LogP contribution >= 0.6 is 0 Å². The number of anilines is 1. The van der Waals surface area contributed by atoms with E-state index in [1.165, 1.54) is 0 Å². The van der Waals surface area contributed by atoms with E-state index in [1.54, 1.807) is 19.5 Å². The Labute approximate surface area is 136 Å². The maximum absolute atomic E-state index is 12.4. The van der Waals surface area contributed by atoms with E-state index in [0.29, 0.717) is 11.7 Å². The summed E-state index contributed by atoms with van der Waals surface area (Å²) < 4.78 is 10.7.